The summed E-state index contributed by atoms with van der Waals surface area (Å²) in [6.45, 7) is 4.24. The van der Waals surface area contributed by atoms with Gasteiger partial charge in [-0.05, 0) is 37.6 Å². The first kappa shape index (κ1) is 14.8. The predicted molar refractivity (Wildman–Crippen MR) is 96.0 cm³/mol. The summed E-state index contributed by atoms with van der Waals surface area (Å²) in [6.07, 6.45) is 5.31. The van der Waals surface area contributed by atoms with Crippen LogP contribution in [-0.2, 0) is 0 Å². The molecule has 3 aromatic heterocycles. The number of methoxy groups -OCH3 is 1. The molecule has 0 radical (unpaired) electrons. The van der Waals surface area contributed by atoms with Crippen LogP contribution in [0.2, 0.25) is 0 Å². The van der Waals surface area contributed by atoms with Crippen molar-refractivity contribution in [1.29, 1.82) is 0 Å². The standard InChI is InChI=1S/C18H16N4OS/c1-11-12(2)24-18-16(11)17(19-10-20-18)14-6-5-13(23-3)9-15(14)22-8-4-7-21-22/h4-10H,1-3H3. The zero-order valence-electron chi connectivity index (χ0n) is 13.6. The van der Waals surface area contributed by atoms with Gasteiger partial charge in [0.2, 0.25) is 0 Å². The molecule has 6 heteroatoms. The molecule has 0 spiro atoms. The van der Waals surface area contributed by atoms with Crippen molar-refractivity contribution in [3.63, 3.8) is 0 Å². The van der Waals surface area contributed by atoms with Crippen LogP contribution in [0.3, 0.4) is 0 Å². The molecule has 1 aromatic carbocycles. The van der Waals surface area contributed by atoms with Crippen molar-refractivity contribution in [2.75, 3.05) is 7.11 Å². The number of hydrogen-bond acceptors (Lipinski definition) is 5. The highest BCUT2D eigenvalue weighted by atomic mass is 32.1. The van der Waals surface area contributed by atoms with E-state index in [4.69, 9.17) is 4.74 Å². The fourth-order valence-corrected chi connectivity index (χ4v) is 3.82. The maximum Gasteiger partial charge on any atom is 0.127 e. The molecule has 0 atom stereocenters. The van der Waals surface area contributed by atoms with Crippen LogP contribution in [0.4, 0.5) is 0 Å². The van der Waals surface area contributed by atoms with Crippen LogP contribution < -0.4 is 4.74 Å². The average molecular weight is 336 g/mol. The van der Waals surface area contributed by atoms with Gasteiger partial charge in [0.15, 0.2) is 0 Å². The third-order valence-electron chi connectivity index (χ3n) is 4.18. The number of benzene rings is 1. The lowest BCUT2D eigenvalue weighted by atomic mass is 10.0. The Balaban J connectivity index is 2.04. The second kappa shape index (κ2) is 5.72. The first-order chi connectivity index (χ1) is 11.7. The van der Waals surface area contributed by atoms with Crippen LogP contribution in [0.25, 0.3) is 27.2 Å². The van der Waals surface area contributed by atoms with Crippen molar-refractivity contribution in [1.82, 2.24) is 19.7 Å². The SMILES string of the molecule is COc1ccc(-c2ncnc3sc(C)c(C)c23)c(-n2cccn2)c1. The van der Waals surface area contributed by atoms with Gasteiger partial charge >= 0.3 is 0 Å². The quantitative estimate of drug-likeness (QED) is 0.563. The second-order valence-electron chi connectivity index (χ2n) is 5.52. The lowest BCUT2D eigenvalue weighted by Gasteiger charge is -2.12. The van der Waals surface area contributed by atoms with E-state index in [0.717, 1.165) is 32.9 Å². The fraction of sp³-hybridized carbons (Fsp3) is 0.167. The lowest BCUT2D eigenvalue weighted by Crippen LogP contribution is -2.00. The molecule has 0 saturated carbocycles. The summed E-state index contributed by atoms with van der Waals surface area (Å²) in [5.74, 6) is 0.785. The van der Waals surface area contributed by atoms with E-state index >= 15 is 0 Å². The highest BCUT2D eigenvalue weighted by molar-refractivity contribution is 7.18. The molecule has 5 nitrogen and oxygen atoms in total. The van der Waals surface area contributed by atoms with Crippen molar-refractivity contribution in [2.24, 2.45) is 0 Å². The Kier molecular flexibility index (Phi) is 3.54. The van der Waals surface area contributed by atoms with Gasteiger partial charge in [-0.15, -0.1) is 11.3 Å². The van der Waals surface area contributed by atoms with Gasteiger partial charge in [-0.1, -0.05) is 0 Å². The monoisotopic (exact) mass is 336 g/mol. The number of ether oxygens (including phenoxy) is 1. The molecule has 0 unspecified atom stereocenters. The molecule has 4 aromatic rings. The fourth-order valence-electron chi connectivity index (χ4n) is 2.83. The summed E-state index contributed by atoms with van der Waals surface area (Å²) in [5.41, 5.74) is 4.10. The summed E-state index contributed by atoms with van der Waals surface area (Å²) < 4.78 is 7.22. The predicted octanol–water partition coefficient (Wildman–Crippen LogP) is 4.17. The minimum atomic E-state index is 0.785. The molecule has 0 aliphatic rings. The number of rotatable bonds is 3. The zero-order chi connectivity index (χ0) is 16.7. The molecule has 0 amide bonds. The zero-order valence-corrected chi connectivity index (χ0v) is 14.5. The molecule has 3 heterocycles. The summed E-state index contributed by atoms with van der Waals surface area (Å²) in [5, 5.41) is 5.49. The molecular weight excluding hydrogens is 320 g/mol. The van der Waals surface area contributed by atoms with Gasteiger partial charge in [0, 0.05) is 34.3 Å². The van der Waals surface area contributed by atoms with E-state index in [0.29, 0.717) is 0 Å². The van der Waals surface area contributed by atoms with E-state index < -0.39 is 0 Å². The minimum absolute atomic E-state index is 0.785. The molecule has 0 saturated heterocycles. The van der Waals surface area contributed by atoms with E-state index in [1.165, 1.54) is 10.4 Å². The Morgan fingerprint density at radius 2 is 2.04 bits per heavy atom. The van der Waals surface area contributed by atoms with Gasteiger partial charge in [-0.3, -0.25) is 0 Å². The topological polar surface area (TPSA) is 52.8 Å². The van der Waals surface area contributed by atoms with Gasteiger partial charge in [-0.25, -0.2) is 14.6 Å². The molecule has 0 aliphatic heterocycles. The summed E-state index contributed by atoms with van der Waals surface area (Å²) >= 11 is 1.70. The molecule has 0 aliphatic carbocycles. The number of aryl methyl sites for hydroxylation is 2. The van der Waals surface area contributed by atoms with Crippen molar-refractivity contribution in [3.05, 3.63) is 53.4 Å². The van der Waals surface area contributed by atoms with Crippen molar-refractivity contribution < 1.29 is 4.74 Å². The van der Waals surface area contributed by atoms with Crippen LogP contribution in [-0.4, -0.2) is 26.9 Å². The molecular formula is C18H16N4OS. The van der Waals surface area contributed by atoms with Gasteiger partial charge in [-0.2, -0.15) is 5.10 Å². The maximum atomic E-state index is 5.39. The van der Waals surface area contributed by atoms with E-state index in [9.17, 15) is 0 Å². The minimum Gasteiger partial charge on any atom is -0.497 e. The van der Waals surface area contributed by atoms with Crippen LogP contribution in [0.1, 0.15) is 10.4 Å². The first-order valence-electron chi connectivity index (χ1n) is 7.58. The van der Waals surface area contributed by atoms with Crippen molar-refractivity contribution in [3.8, 4) is 22.7 Å². The Morgan fingerprint density at radius 1 is 1.17 bits per heavy atom. The Morgan fingerprint density at radius 3 is 2.79 bits per heavy atom. The van der Waals surface area contributed by atoms with Crippen LogP contribution in [0, 0.1) is 13.8 Å². The summed E-state index contributed by atoms with van der Waals surface area (Å²) in [7, 11) is 1.66. The number of aromatic nitrogens is 4. The van der Waals surface area contributed by atoms with E-state index in [1.54, 1.807) is 31.0 Å². The highest BCUT2D eigenvalue weighted by Gasteiger charge is 2.17. The third kappa shape index (κ3) is 2.27. The van der Waals surface area contributed by atoms with E-state index in [-0.39, 0.29) is 0 Å². The van der Waals surface area contributed by atoms with Gasteiger partial charge in [0.05, 0.1) is 18.5 Å². The van der Waals surface area contributed by atoms with Gasteiger partial charge < -0.3 is 4.74 Å². The van der Waals surface area contributed by atoms with Crippen LogP contribution >= 0.6 is 11.3 Å². The Hall–Kier alpha value is -2.73. The Labute approximate surface area is 143 Å². The Bertz CT molecular complexity index is 1020. The largest absolute Gasteiger partial charge is 0.497 e. The number of nitrogens with zero attached hydrogens (tertiary/aromatic N) is 4. The number of fused-ring (bicyclic) bond motifs is 1. The molecule has 0 N–H and O–H groups in total. The third-order valence-corrected chi connectivity index (χ3v) is 5.29. The number of thiophene rings is 1. The van der Waals surface area contributed by atoms with Gasteiger partial charge in [0.1, 0.15) is 16.9 Å². The molecule has 120 valence electrons. The molecule has 24 heavy (non-hydrogen) atoms. The summed E-state index contributed by atoms with van der Waals surface area (Å²) in [6, 6.07) is 7.86. The molecule has 0 bridgehead atoms. The first-order valence-corrected chi connectivity index (χ1v) is 8.40. The maximum absolute atomic E-state index is 5.39. The van der Waals surface area contributed by atoms with Crippen LogP contribution in [0.5, 0.6) is 5.75 Å². The molecule has 0 fully saturated rings. The normalized spacial score (nSPS) is 11.1. The second-order valence-corrected chi connectivity index (χ2v) is 6.72. The van der Waals surface area contributed by atoms with Gasteiger partial charge in [0.25, 0.3) is 0 Å². The van der Waals surface area contributed by atoms with E-state index in [1.807, 2.05) is 35.1 Å². The average Bonchev–Trinajstić information content (AvgIpc) is 3.23. The van der Waals surface area contributed by atoms with E-state index in [2.05, 4.69) is 28.9 Å². The van der Waals surface area contributed by atoms with Crippen LogP contribution in [0.15, 0.2) is 43.0 Å². The smallest absolute Gasteiger partial charge is 0.127 e. The highest BCUT2D eigenvalue weighted by Crippen LogP contribution is 2.37. The summed E-state index contributed by atoms with van der Waals surface area (Å²) in [4.78, 5) is 11.3. The van der Waals surface area contributed by atoms with Crippen molar-refractivity contribution >= 4 is 21.6 Å². The molecule has 4 rings (SSSR count). The van der Waals surface area contributed by atoms with Crippen molar-refractivity contribution in [2.45, 2.75) is 13.8 Å². The lowest BCUT2D eigenvalue weighted by molar-refractivity contribution is 0.414. The number of hydrogen-bond donors (Lipinski definition) is 0.